The summed E-state index contributed by atoms with van der Waals surface area (Å²) in [6.07, 6.45) is 1.30. The van der Waals surface area contributed by atoms with Gasteiger partial charge in [0.15, 0.2) is 5.82 Å². The molecule has 2 amide bonds. The maximum absolute atomic E-state index is 12.5. The standard InChI is InChI=1S/C27H25N5O4S2.ClH/c1-31(20-15-22(33)28-26(20)34)25-23-19(16-38-27(23)30-24(29-25)21-6-3-13-37-21)17-4-2-5-18(14-17)36-12-9-32-7-10-35-11-8-32;/h2-6,13-16H,7-12H2,1H3,(H,28,33,34);1H. The van der Waals surface area contributed by atoms with Gasteiger partial charge in [-0.15, -0.1) is 35.1 Å². The highest BCUT2D eigenvalue weighted by Crippen LogP contribution is 2.41. The van der Waals surface area contributed by atoms with Crippen LogP contribution in [0.3, 0.4) is 0 Å². The number of likely N-dealkylation sites (N-methyl/N-ethyl adjacent to an activating group) is 1. The van der Waals surface area contributed by atoms with Crippen LogP contribution in [-0.4, -0.2) is 73.2 Å². The maximum Gasteiger partial charge on any atom is 0.274 e. The van der Waals surface area contributed by atoms with Gasteiger partial charge in [0.1, 0.15) is 28.7 Å². The summed E-state index contributed by atoms with van der Waals surface area (Å²) in [7, 11) is 1.75. The van der Waals surface area contributed by atoms with Crippen molar-refractivity contribution in [2.45, 2.75) is 0 Å². The third kappa shape index (κ3) is 5.68. The van der Waals surface area contributed by atoms with Gasteiger partial charge in [0.2, 0.25) is 0 Å². The van der Waals surface area contributed by atoms with Crippen molar-refractivity contribution in [3.63, 3.8) is 0 Å². The molecule has 1 aromatic carbocycles. The highest BCUT2D eigenvalue weighted by Gasteiger charge is 2.28. The van der Waals surface area contributed by atoms with Gasteiger partial charge in [0.25, 0.3) is 11.8 Å². The van der Waals surface area contributed by atoms with Gasteiger partial charge in [-0.1, -0.05) is 18.2 Å². The van der Waals surface area contributed by atoms with Gasteiger partial charge in [-0.05, 0) is 29.1 Å². The van der Waals surface area contributed by atoms with Crippen LogP contribution in [0.1, 0.15) is 0 Å². The molecular formula is C27H26ClN5O4S2. The van der Waals surface area contributed by atoms with E-state index in [-0.39, 0.29) is 18.1 Å². The average Bonchev–Trinajstić information content (AvgIpc) is 3.69. The van der Waals surface area contributed by atoms with Gasteiger partial charge in [-0.25, -0.2) is 9.97 Å². The quantitative estimate of drug-likeness (QED) is 0.308. The summed E-state index contributed by atoms with van der Waals surface area (Å²) in [6.45, 7) is 4.81. The first kappa shape index (κ1) is 27.2. The summed E-state index contributed by atoms with van der Waals surface area (Å²) in [5.41, 5.74) is 2.14. The smallest absolute Gasteiger partial charge is 0.274 e. The highest BCUT2D eigenvalue weighted by atomic mass is 35.5. The number of nitrogens with one attached hydrogen (secondary N) is 1. The molecule has 0 bridgehead atoms. The highest BCUT2D eigenvalue weighted by molar-refractivity contribution is 7.17. The fourth-order valence-corrected chi connectivity index (χ4v) is 6.13. The zero-order valence-corrected chi connectivity index (χ0v) is 23.5. The molecule has 0 aliphatic carbocycles. The third-order valence-electron chi connectivity index (χ3n) is 6.50. The maximum atomic E-state index is 12.5. The van der Waals surface area contributed by atoms with Crippen molar-refractivity contribution in [3.8, 4) is 27.6 Å². The van der Waals surface area contributed by atoms with E-state index >= 15 is 0 Å². The molecule has 0 radical (unpaired) electrons. The second-order valence-electron chi connectivity index (χ2n) is 8.91. The second kappa shape index (κ2) is 11.8. The van der Waals surface area contributed by atoms with E-state index in [2.05, 4.69) is 15.6 Å². The van der Waals surface area contributed by atoms with Crippen LogP contribution < -0.4 is 15.0 Å². The Labute approximate surface area is 239 Å². The zero-order valence-electron chi connectivity index (χ0n) is 21.1. The predicted octanol–water partition coefficient (Wildman–Crippen LogP) is 4.20. The first-order valence-corrected chi connectivity index (χ1v) is 14.0. The molecule has 3 aromatic heterocycles. The molecule has 202 valence electrons. The lowest BCUT2D eigenvalue weighted by Crippen LogP contribution is -2.38. The Bertz CT molecular complexity index is 1530. The number of aromatic nitrogens is 2. The van der Waals surface area contributed by atoms with Gasteiger partial charge in [-0.3, -0.25) is 19.8 Å². The molecule has 4 aromatic rings. The summed E-state index contributed by atoms with van der Waals surface area (Å²) >= 11 is 3.07. The first-order chi connectivity index (χ1) is 18.6. The van der Waals surface area contributed by atoms with Crippen LogP contribution in [0, 0.1) is 0 Å². The van der Waals surface area contributed by atoms with E-state index in [1.807, 2.05) is 41.8 Å². The zero-order chi connectivity index (χ0) is 26.1. The number of benzene rings is 1. The monoisotopic (exact) mass is 583 g/mol. The second-order valence-corrected chi connectivity index (χ2v) is 10.7. The van der Waals surface area contributed by atoms with Crippen molar-refractivity contribution in [3.05, 3.63) is 58.9 Å². The molecule has 1 N–H and O–H groups in total. The van der Waals surface area contributed by atoms with Crippen molar-refractivity contribution < 1.29 is 19.1 Å². The number of carbonyl (C=O) groups is 2. The van der Waals surface area contributed by atoms with Crippen LogP contribution in [0.2, 0.25) is 0 Å². The molecule has 0 spiro atoms. The Hall–Kier alpha value is -3.35. The average molecular weight is 584 g/mol. The summed E-state index contributed by atoms with van der Waals surface area (Å²) in [5, 5.41) is 7.16. The number of carbonyl (C=O) groups excluding carboxylic acids is 2. The number of amides is 2. The number of ether oxygens (including phenoxy) is 2. The Kier molecular flexibility index (Phi) is 8.24. The van der Waals surface area contributed by atoms with Gasteiger partial charge in [-0.2, -0.15) is 0 Å². The van der Waals surface area contributed by atoms with Crippen LogP contribution in [-0.2, 0) is 14.3 Å². The van der Waals surface area contributed by atoms with Crippen LogP contribution in [0.25, 0.3) is 32.0 Å². The Morgan fingerprint density at radius 2 is 1.97 bits per heavy atom. The molecule has 0 atom stereocenters. The molecule has 2 aliphatic heterocycles. The van der Waals surface area contributed by atoms with Crippen LogP contribution in [0.15, 0.2) is 58.9 Å². The molecule has 6 rings (SSSR count). The lowest BCUT2D eigenvalue weighted by atomic mass is 10.1. The van der Waals surface area contributed by atoms with Gasteiger partial charge in [0.05, 0.1) is 23.5 Å². The van der Waals surface area contributed by atoms with E-state index in [4.69, 9.17) is 19.4 Å². The van der Waals surface area contributed by atoms with Gasteiger partial charge < -0.3 is 14.4 Å². The number of fused-ring (bicyclic) bond motifs is 1. The minimum Gasteiger partial charge on any atom is -0.492 e. The third-order valence-corrected chi connectivity index (χ3v) is 8.24. The fraction of sp³-hybridized carbons (Fsp3) is 0.259. The number of hydrogen-bond donors (Lipinski definition) is 1. The minimum absolute atomic E-state index is 0. The molecule has 1 fully saturated rings. The number of halogens is 1. The largest absolute Gasteiger partial charge is 0.492 e. The minimum atomic E-state index is -0.450. The van der Waals surface area contributed by atoms with E-state index < -0.39 is 11.8 Å². The number of thiophene rings is 2. The number of hydrogen-bond acceptors (Lipinski definition) is 10. The molecule has 0 saturated carbocycles. The van der Waals surface area contributed by atoms with Crippen LogP contribution >= 0.6 is 35.1 Å². The fourth-order valence-electron chi connectivity index (χ4n) is 4.53. The Balaban J connectivity index is 0.00000308. The van der Waals surface area contributed by atoms with E-state index in [0.717, 1.165) is 64.8 Å². The summed E-state index contributed by atoms with van der Waals surface area (Å²) in [4.78, 5) is 39.8. The van der Waals surface area contributed by atoms with Crippen molar-refractivity contribution in [1.82, 2.24) is 20.2 Å². The number of nitrogens with zero attached hydrogens (tertiary/aromatic N) is 4. The van der Waals surface area contributed by atoms with Crippen molar-refractivity contribution in [2.24, 2.45) is 0 Å². The van der Waals surface area contributed by atoms with Crippen LogP contribution in [0.5, 0.6) is 5.75 Å². The van der Waals surface area contributed by atoms with Crippen molar-refractivity contribution in [1.29, 1.82) is 0 Å². The van der Waals surface area contributed by atoms with Gasteiger partial charge in [0, 0.05) is 43.7 Å². The van der Waals surface area contributed by atoms with E-state index in [1.165, 1.54) is 17.4 Å². The normalized spacial score (nSPS) is 15.7. The Morgan fingerprint density at radius 1 is 1.13 bits per heavy atom. The van der Waals surface area contributed by atoms with E-state index in [1.54, 1.807) is 23.3 Å². The van der Waals surface area contributed by atoms with Crippen molar-refractivity contribution >= 4 is 62.9 Å². The lowest BCUT2D eigenvalue weighted by Gasteiger charge is -2.26. The summed E-state index contributed by atoms with van der Waals surface area (Å²) < 4.78 is 11.5. The Morgan fingerprint density at radius 3 is 2.72 bits per heavy atom. The number of imide groups is 1. The molecular weight excluding hydrogens is 558 g/mol. The topological polar surface area (TPSA) is 96.9 Å². The predicted molar refractivity (Wildman–Crippen MR) is 156 cm³/mol. The van der Waals surface area contributed by atoms with Crippen LogP contribution in [0.4, 0.5) is 5.82 Å². The summed E-state index contributed by atoms with van der Waals surface area (Å²) in [5.74, 6) is 1.03. The molecule has 2 aliphatic rings. The number of morpholine rings is 1. The SMILES string of the molecule is CN(C1=CC(=O)NC1=O)c1nc(-c2cccs2)nc2scc(-c3cccc(OCCN4CCOCC4)c3)c12.Cl. The molecule has 5 heterocycles. The first-order valence-electron chi connectivity index (χ1n) is 12.2. The molecule has 0 unspecified atom stereocenters. The molecule has 1 saturated heterocycles. The summed E-state index contributed by atoms with van der Waals surface area (Å²) in [6, 6.07) is 11.9. The van der Waals surface area contributed by atoms with Gasteiger partial charge >= 0.3 is 0 Å². The number of rotatable bonds is 8. The lowest BCUT2D eigenvalue weighted by molar-refractivity contribution is -0.123. The molecule has 9 nitrogen and oxygen atoms in total. The molecule has 12 heteroatoms. The number of anilines is 1. The van der Waals surface area contributed by atoms with E-state index in [9.17, 15) is 9.59 Å². The van der Waals surface area contributed by atoms with Crippen molar-refractivity contribution in [2.75, 3.05) is 51.4 Å². The molecule has 39 heavy (non-hydrogen) atoms. The van der Waals surface area contributed by atoms with E-state index in [0.29, 0.717) is 18.2 Å².